The van der Waals surface area contributed by atoms with Crippen molar-refractivity contribution < 1.29 is 17.9 Å². The summed E-state index contributed by atoms with van der Waals surface area (Å²) in [7, 11) is 0.296. The molecule has 1 aromatic heterocycles. The van der Waals surface area contributed by atoms with Gasteiger partial charge in [0.25, 0.3) is 0 Å². The highest BCUT2D eigenvalue weighted by Crippen LogP contribution is 2.39. The third-order valence-electron chi connectivity index (χ3n) is 5.99. The number of ether oxygens (including phenoxy) is 2. The highest BCUT2D eigenvalue weighted by Gasteiger charge is 2.47. The van der Waals surface area contributed by atoms with Gasteiger partial charge < -0.3 is 14.4 Å². The lowest BCUT2D eigenvalue weighted by molar-refractivity contribution is -0.109. The molecule has 3 aliphatic rings. The summed E-state index contributed by atoms with van der Waals surface area (Å²) in [4.78, 5) is 2.29. The first-order valence-electron chi connectivity index (χ1n) is 9.82. The van der Waals surface area contributed by atoms with E-state index in [1.807, 2.05) is 19.0 Å². The number of likely N-dealkylation sites (N-methyl/N-ethyl adjacent to an activating group) is 1. The first-order chi connectivity index (χ1) is 12.9. The van der Waals surface area contributed by atoms with Crippen LogP contribution in [0.1, 0.15) is 38.1 Å². The minimum absolute atomic E-state index is 0.123. The van der Waals surface area contributed by atoms with Crippen LogP contribution in [0.15, 0.2) is 17.3 Å². The van der Waals surface area contributed by atoms with E-state index in [4.69, 9.17) is 9.47 Å². The molecule has 0 N–H and O–H groups in total. The minimum atomic E-state index is -3.63. The van der Waals surface area contributed by atoms with E-state index in [1.165, 1.54) is 6.20 Å². The summed E-state index contributed by atoms with van der Waals surface area (Å²) in [6.45, 7) is 2.81. The molecule has 1 aliphatic carbocycles. The van der Waals surface area contributed by atoms with E-state index in [9.17, 15) is 8.42 Å². The molecule has 152 valence electrons. The maximum atomic E-state index is 13.5. The summed E-state index contributed by atoms with van der Waals surface area (Å²) in [6.07, 6.45) is 8.09. The lowest BCUT2D eigenvalue weighted by Crippen LogP contribution is -2.59. The van der Waals surface area contributed by atoms with Gasteiger partial charge in [-0.05, 0) is 33.4 Å². The second kappa shape index (κ2) is 7.44. The van der Waals surface area contributed by atoms with E-state index in [1.54, 1.807) is 15.2 Å². The molecule has 8 nitrogen and oxygen atoms in total. The van der Waals surface area contributed by atoms with Crippen LogP contribution in [-0.2, 0) is 19.5 Å². The van der Waals surface area contributed by atoms with E-state index in [2.05, 4.69) is 5.10 Å². The van der Waals surface area contributed by atoms with Crippen LogP contribution in [0.5, 0.6) is 0 Å². The first-order valence-corrected chi connectivity index (χ1v) is 11.3. The van der Waals surface area contributed by atoms with Gasteiger partial charge in [-0.2, -0.15) is 9.40 Å². The Morgan fingerprint density at radius 1 is 1.30 bits per heavy atom. The van der Waals surface area contributed by atoms with Crippen molar-refractivity contribution in [3.63, 3.8) is 0 Å². The third kappa shape index (κ3) is 3.80. The number of hydrogen-bond donors (Lipinski definition) is 0. The molecular formula is C18H30N4O4S. The van der Waals surface area contributed by atoms with E-state index in [0.29, 0.717) is 32.9 Å². The van der Waals surface area contributed by atoms with Gasteiger partial charge >= 0.3 is 0 Å². The largest absolute Gasteiger partial charge is 0.379 e. The highest BCUT2D eigenvalue weighted by atomic mass is 32.2. The predicted molar refractivity (Wildman–Crippen MR) is 100 cm³/mol. The second-order valence-corrected chi connectivity index (χ2v) is 10.2. The number of aromatic nitrogens is 2. The number of rotatable bonds is 5. The molecule has 2 saturated heterocycles. The van der Waals surface area contributed by atoms with Crippen LogP contribution in [0.25, 0.3) is 0 Å². The van der Waals surface area contributed by atoms with Crippen LogP contribution in [0.3, 0.4) is 0 Å². The molecule has 3 fully saturated rings. The molecule has 0 radical (unpaired) electrons. The fraction of sp³-hybridized carbons (Fsp3) is 0.833. The molecule has 1 aromatic rings. The summed E-state index contributed by atoms with van der Waals surface area (Å²) in [6, 6.07) is -0.0632. The van der Waals surface area contributed by atoms with Crippen molar-refractivity contribution in [2.45, 2.75) is 54.7 Å². The van der Waals surface area contributed by atoms with Crippen LogP contribution < -0.4 is 0 Å². The highest BCUT2D eigenvalue weighted by molar-refractivity contribution is 7.89. The number of nitrogens with zero attached hydrogens (tertiary/aromatic N) is 4. The van der Waals surface area contributed by atoms with Gasteiger partial charge in [0.1, 0.15) is 4.90 Å². The summed E-state index contributed by atoms with van der Waals surface area (Å²) in [5, 5.41) is 4.32. The van der Waals surface area contributed by atoms with Crippen molar-refractivity contribution in [2.24, 2.45) is 0 Å². The van der Waals surface area contributed by atoms with Gasteiger partial charge in [-0.25, -0.2) is 8.42 Å². The maximum absolute atomic E-state index is 13.5. The standard InChI is InChI=1S/C18H30N4O4S/c1-20(2)10-16-13-26-18(6-3-4-7-18)14-22(16)27(23,24)17-9-19-21(11-17)15-5-8-25-12-15/h9,11,15-16H,3-8,10,12-14H2,1-2H3. The molecule has 0 amide bonds. The average Bonchev–Trinajstić information content (AvgIpc) is 3.38. The summed E-state index contributed by atoms with van der Waals surface area (Å²) in [5.74, 6) is 0. The maximum Gasteiger partial charge on any atom is 0.246 e. The molecule has 2 aliphatic heterocycles. The van der Waals surface area contributed by atoms with Gasteiger partial charge in [-0.1, -0.05) is 12.8 Å². The SMILES string of the molecule is CN(C)CC1COC2(CCCC2)CN1S(=O)(=O)c1cnn(C2CCOC2)c1. The Kier molecular flexibility index (Phi) is 5.32. The fourth-order valence-corrected chi connectivity index (χ4v) is 6.12. The molecule has 1 saturated carbocycles. The van der Waals surface area contributed by atoms with E-state index in [0.717, 1.165) is 32.1 Å². The van der Waals surface area contributed by atoms with E-state index in [-0.39, 0.29) is 22.6 Å². The van der Waals surface area contributed by atoms with Crippen LogP contribution in [0.4, 0.5) is 0 Å². The summed E-state index contributed by atoms with van der Waals surface area (Å²) in [5.41, 5.74) is -0.314. The molecule has 27 heavy (non-hydrogen) atoms. The van der Waals surface area contributed by atoms with Crippen molar-refractivity contribution in [3.05, 3.63) is 12.4 Å². The zero-order valence-electron chi connectivity index (χ0n) is 16.2. The Labute approximate surface area is 161 Å². The lowest BCUT2D eigenvalue weighted by Gasteiger charge is -2.45. The smallest absolute Gasteiger partial charge is 0.246 e. The summed E-state index contributed by atoms with van der Waals surface area (Å²) < 4.78 is 42.1. The molecule has 9 heteroatoms. The third-order valence-corrected chi connectivity index (χ3v) is 7.84. The zero-order valence-corrected chi connectivity index (χ0v) is 17.0. The Morgan fingerprint density at radius 2 is 2.07 bits per heavy atom. The van der Waals surface area contributed by atoms with E-state index >= 15 is 0 Å². The number of hydrogen-bond acceptors (Lipinski definition) is 6. The van der Waals surface area contributed by atoms with Gasteiger partial charge in [-0.15, -0.1) is 0 Å². The fourth-order valence-electron chi connectivity index (χ4n) is 4.50. The van der Waals surface area contributed by atoms with Crippen LogP contribution >= 0.6 is 0 Å². The monoisotopic (exact) mass is 398 g/mol. The molecule has 1 spiro atoms. The van der Waals surface area contributed by atoms with Crippen LogP contribution in [0.2, 0.25) is 0 Å². The van der Waals surface area contributed by atoms with Crippen molar-refractivity contribution in [1.82, 2.24) is 19.0 Å². The van der Waals surface area contributed by atoms with Crippen molar-refractivity contribution in [3.8, 4) is 0 Å². The molecule has 0 bridgehead atoms. The number of morpholine rings is 1. The Morgan fingerprint density at radius 3 is 2.74 bits per heavy atom. The molecule has 0 aromatic carbocycles. The number of sulfonamides is 1. The van der Waals surface area contributed by atoms with E-state index < -0.39 is 10.0 Å². The van der Waals surface area contributed by atoms with Crippen molar-refractivity contribution in [2.75, 3.05) is 47.0 Å². The molecule has 2 unspecified atom stereocenters. The van der Waals surface area contributed by atoms with Gasteiger partial charge in [0.05, 0.1) is 37.1 Å². The van der Waals surface area contributed by atoms with Crippen LogP contribution in [0, 0.1) is 0 Å². The first kappa shape index (κ1) is 19.3. The molecule has 4 rings (SSSR count). The molecule has 3 heterocycles. The average molecular weight is 399 g/mol. The van der Waals surface area contributed by atoms with Gasteiger partial charge in [0.2, 0.25) is 10.0 Å². The lowest BCUT2D eigenvalue weighted by atomic mass is 9.99. The Bertz CT molecular complexity index is 751. The second-order valence-electron chi connectivity index (χ2n) is 8.34. The predicted octanol–water partition coefficient (Wildman–Crippen LogP) is 1.11. The van der Waals surface area contributed by atoms with Crippen LogP contribution in [-0.4, -0.2) is 86.1 Å². The van der Waals surface area contributed by atoms with Crippen molar-refractivity contribution >= 4 is 10.0 Å². The topological polar surface area (TPSA) is 76.9 Å². The Balaban J connectivity index is 1.61. The summed E-state index contributed by atoms with van der Waals surface area (Å²) >= 11 is 0. The normalized spacial score (nSPS) is 29.1. The Hall–Kier alpha value is -1.00. The van der Waals surface area contributed by atoms with Gasteiger partial charge in [-0.3, -0.25) is 4.68 Å². The van der Waals surface area contributed by atoms with Gasteiger partial charge in [0.15, 0.2) is 0 Å². The molecule has 2 atom stereocenters. The zero-order chi connectivity index (χ0) is 19.1. The minimum Gasteiger partial charge on any atom is -0.379 e. The quantitative estimate of drug-likeness (QED) is 0.740. The molecular weight excluding hydrogens is 368 g/mol. The van der Waals surface area contributed by atoms with Gasteiger partial charge in [0, 0.05) is 25.9 Å². The van der Waals surface area contributed by atoms with Crippen molar-refractivity contribution in [1.29, 1.82) is 0 Å².